The molecule has 5 heteroatoms. The van der Waals surface area contributed by atoms with Crippen LogP contribution >= 0.6 is 0 Å². The number of aliphatic hydroxyl groups excluding tert-OH is 1. The highest BCUT2D eigenvalue weighted by atomic mass is 19.3. The minimum absolute atomic E-state index is 0.115. The number of aromatic nitrogens is 1. The average Bonchev–Trinajstić information content (AvgIpc) is 2.09. The third-order valence-electron chi connectivity index (χ3n) is 1.65. The van der Waals surface area contributed by atoms with Crippen LogP contribution in [0.3, 0.4) is 0 Å². The molecule has 0 saturated carbocycles. The highest BCUT2D eigenvalue weighted by Crippen LogP contribution is 2.25. The molecule has 1 rings (SSSR count). The van der Waals surface area contributed by atoms with Crippen molar-refractivity contribution in [2.45, 2.75) is 20.0 Å². The highest BCUT2D eigenvalue weighted by Gasteiger charge is 2.14. The van der Waals surface area contributed by atoms with E-state index in [1.54, 1.807) is 0 Å². The van der Waals surface area contributed by atoms with Crippen LogP contribution in [0.25, 0.3) is 0 Å². The van der Waals surface area contributed by atoms with Gasteiger partial charge in [0.2, 0.25) is 0 Å². The third-order valence-corrected chi connectivity index (χ3v) is 1.65. The van der Waals surface area contributed by atoms with Gasteiger partial charge in [-0.05, 0) is 18.6 Å². The Bertz CT molecular complexity index is 315. The van der Waals surface area contributed by atoms with Crippen LogP contribution in [0.1, 0.15) is 23.4 Å². The minimum atomic E-state index is -2.69. The lowest BCUT2D eigenvalue weighted by Gasteiger charge is -2.06. The Hall–Kier alpha value is -1.23. The van der Waals surface area contributed by atoms with Crippen molar-refractivity contribution in [1.82, 2.24) is 4.98 Å². The first kappa shape index (κ1) is 9.85. The summed E-state index contributed by atoms with van der Waals surface area (Å²) in [6.45, 7) is 0.926. The maximum absolute atomic E-state index is 12.2. The summed E-state index contributed by atoms with van der Waals surface area (Å²) in [5.41, 5.74) is -0.260. The second-order valence-electron chi connectivity index (χ2n) is 2.62. The number of aromatic hydroxyl groups is 1. The van der Waals surface area contributed by atoms with Crippen LogP contribution in [0.4, 0.5) is 8.78 Å². The van der Waals surface area contributed by atoms with Crippen molar-refractivity contribution < 1.29 is 19.0 Å². The topological polar surface area (TPSA) is 53.4 Å². The van der Waals surface area contributed by atoms with Gasteiger partial charge < -0.3 is 10.2 Å². The van der Waals surface area contributed by atoms with Crippen molar-refractivity contribution in [2.75, 3.05) is 0 Å². The first-order valence-corrected chi connectivity index (χ1v) is 3.64. The number of halogens is 2. The largest absolute Gasteiger partial charge is 0.506 e. The summed E-state index contributed by atoms with van der Waals surface area (Å²) in [6.07, 6.45) is -2.69. The van der Waals surface area contributed by atoms with E-state index in [1.165, 1.54) is 6.92 Å². The highest BCUT2D eigenvalue weighted by molar-refractivity contribution is 5.36. The van der Waals surface area contributed by atoms with Crippen LogP contribution in [0.15, 0.2) is 6.07 Å². The van der Waals surface area contributed by atoms with Gasteiger partial charge in [0.15, 0.2) is 0 Å². The molecule has 0 saturated heterocycles. The first-order valence-electron chi connectivity index (χ1n) is 3.64. The Labute approximate surface area is 73.7 Å². The van der Waals surface area contributed by atoms with E-state index in [0.29, 0.717) is 0 Å². The predicted octanol–water partition coefficient (Wildman–Crippen LogP) is 1.53. The van der Waals surface area contributed by atoms with E-state index in [1.807, 2.05) is 0 Å². The molecule has 0 amide bonds. The van der Waals surface area contributed by atoms with Crippen molar-refractivity contribution in [3.8, 4) is 5.75 Å². The summed E-state index contributed by atoms with van der Waals surface area (Å²) in [5, 5.41) is 17.9. The molecule has 0 atom stereocenters. The van der Waals surface area contributed by atoms with Gasteiger partial charge in [0.05, 0.1) is 6.61 Å². The lowest BCUT2D eigenvalue weighted by molar-refractivity contribution is 0.144. The zero-order chi connectivity index (χ0) is 10.0. The second-order valence-corrected chi connectivity index (χ2v) is 2.62. The van der Waals surface area contributed by atoms with E-state index in [2.05, 4.69) is 4.98 Å². The molecule has 0 unspecified atom stereocenters. The van der Waals surface area contributed by atoms with Crippen molar-refractivity contribution >= 4 is 0 Å². The van der Waals surface area contributed by atoms with Crippen molar-refractivity contribution in [2.24, 2.45) is 0 Å². The molecule has 13 heavy (non-hydrogen) atoms. The Morgan fingerprint density at radius 3 is 2.62 bits per heavy atom. The molecule has 0 aliphatic carbocycles. The molecule has 0 radical (unpaired) electrons. The van der Waals surface area contributed by atoms with E-state index < -0.39 is 18.7 Å². The molecule has 0 spiro atoms. The number of hydrogen-bond donors (Lipinski definition) is 2. The summed E-state index contributed by atoms with van der Waals surface area (Å²) in [5.74, 6) is -0.230. The Morgan fingerprint density at radius 1 is 1.54 bits per heavy atom. The summed E-state index contributed by atoms with van der Waals surface area (Å²) in [7, 11) is 0. The molecular formula is C8H9F2NO2. The van der Waals surface area contributed by atoms with E-state index >= 15 is 0 Å². The van der Waals surface area contributed by atoms with E-state index in [-0.39, 0.29) is 17.0 Å². The molecular weight excluding hydrogens is 180 g/mol. The van der Waals surface area contributed by atoms with E-state index in [0.717, 1.165) is 6.07 Å². The summed E-state index contributed by atoms with van der Waals surface area (Å²) in [4.78, 5) is 3.40. The number of aryl methyl sites for hydroxylation is 1. The van der Waals surface area contributed by atoms with Crippen molar-refractivity contribution in [3.05, 3.63) is 23.0 Å². The Morgan fingerprint density at radius 2 is 2.15 bits per heavy atom. The van der Waals surface area contributed by atoms with E-state index in [4.69, 9.17) is 5.11 Å². The van der Waals surface area contributed by atoms with Crippen LogP contribution < -0.4 is 0 Å². The van der Waals surface area contributed by atoms with Crippen LogP contribution in [-0.2, 0) is 6.61 Å². The van der Waals surface area contributed by atoms with Crippen molar-refractivity contribution in [1.29, 1.82) is 0 Å². The molecule has 1 aromatic rings. The Balaban J connectivity index is 3.22. The normalized spacial score (nSPS) is 10.8. The average molecular weight is 189 g/mol. The fraction of sp³-hybridized carbons (Fsp3) is 0.375. The lowest BCUT2D eigenvalue weighted by atomic mass is 10.2. The first-order chi connectivity index (χ1) is 6.06. The number of alkyl halides is 2. The number of nitrogens with zero attached hydrogens (tertiary/aromatic N) is 1. The maximum atomic E-state index is 12.2. The predicted molar refractivity (Wildman–Crippen MR) is 41.5 cm³/mol. The second kappa shape index (κ2) is 3.66. The quantitative estimate of drug-likeness (QED) is 0.741. The number of aliphatic hydroxyl groups is 1. The fourth-order valence-electron chi connectivity index (χ4n) is 0.981. The smallest absolute Gasteiger partial charge is 0.280 e. The summed E-state index contributed by atoms with van der Waals surface area (Å²) >= 11 is 0. The monoisotopic (exact) mass is 189 g/mol. The molecule has 1 heterocycles. The van der Waals surface area contributed by atoms with Crippen LogP contribution in [0, 0.1) is 6.92 Å². The zero-order valence-corrected chi connectivity index (χ0v) is 6.96. The number of rotatable bonds is 2. The third kappa shape index (κ3) is 1.92. The lowest BCUT2D eigenvalue weighted by Crippen LogP contribution is -1.98. The molecule has 0 aliphatic rings. The molecule has 0 bridgehead atoms. The van der Waals surface area contributed by atoms with Crippen LogP contribution in [0.5, 0.6) is 5.75 Å². The number of pyridine rings is 1. The van der Waals surface area contributed by atoms with Gasteiger partial charge in [0, 0.05) is 0 Å². The van der Waals surface area contributed by atoms with Gasteiger partial charge >= 0.3 is 0 Å². The Kier molecular flexibility index (Phi) is 2.77. The molecule has 0 fully saturated rings. The van der Waals surface area contributed by atoms with Gasteiger partial charge in [0.25, 0.3) is 6.43 Å². The van der Waals surface area contributed by atoms with Gasteiger partial charge in [-0.25, -0.2) is 13.8 Å². The standard InChI is InChI=1S/C8H9F2NO2/c1-4-2-5(8(9)10)11-6(3-12)7(4)13/h2,8,12-13H,3H2,1H3. The van der Waals surface area contributed by atoms with Gasteiger partial charge in [-0.2, -0.15) is 0 Å². The molecule has 0 aromatic carbocycles. The summed E-state index contributed by atoms with van der Waals surface area (Å²) in [6, 6.07) is 1.10. The fourth-order valence-corrected chi connectivity index (χ4v) is 0.981. The molecule has 72 valence electrons. The SMILES string of the molecule is Cc1cc(C(F)F)nc(CO)c1O. The molecule has 3 nitrogen and oxygen atoms in total. The zero-order valence-electron chi connectivity index (χ0n) is 6.96. The van der Waals surface area contributed by atoms with Gasteiger partial charge in [-0.15, -0.1) is 0 Å². The van der Waals surface area contributed by atoms with Gasteiger partial charge in [-0.3, -0.25) is 0 Å². The maximum Gasteiger partial charge on any atom is 0.280 e. The van der Waals surface area contributed by atoms with Gasteiger partial charge in [0.1, 0.15) is 17.1 Å². The van der Waals surface area contributed by atoms with E-state index in [9.17, 15) is 13.9 Å². The van der Waals surface area contributed by atoms with Crippen molar-refractivity contribution in [3.63, 3.8) is 0 Å². The minimum Gasteiger partial charge on any atom is -0.506 e. The molecule has 0 aliphatic heterocycles. The van der Waals surface area contributed by atoms with Gasteiger partial charge in [-0.1, -0.05) is 0 Å². The number of hydrogen-bond acceptors (Lipinski definition) is 3. The molecule has 2 N–H and O–H groups in total. The summed E-state index contributed by atoms with van der Waals surface area (Å²) < 4.78 is 24.3. The van der Waals surface area contributed by atoms with Crippen LogP contribution in [-0.4, -0.2) is 15.2 Å². The van der Waals surface area contributed by atoms with Crippen LogP contribution in [0.2, 0.25) is 0 Å². The molecule has 1 aromatic heterocycles.